The van der Waals surface area contributed by atoms with Crippen LogP contribution in [0.2, 0.25) is 0 Å². The molecule has 0 aliphatic carbocycles. The summed E-state index contributed by atoms with van der Waals surface area (Å²) < 4.78 is 1.05. The first kappa shape index (κ1) is 12.8. The van der Waals surface area contributed by atoms with Crippen LogP contribution in [0.3, 0.4) is 0 Å². The lowest BCUT2D eigenvalue weighted by Gasteiger charge is -2.32. The minimum atomic E-state index is 0.856. The van der Waals surface area contributed by atoms with Crippen LogP contribution in [0.5, 0.6) is 0 Å². The third kappa shape index (κ3) is 3.19. The molecule has 1 aliphatic rings. The number of aromatic nitrogens is 1. The first-order chi connectivity index (χ1) is 8.20. The van der Waals surface area contributed by atoms with E-state index < -0.39 is 0 Å². The quantitative estimate of drug-likeness (QED) is 0.930. The lowest BCUT2D eigenvalue weighted by molar-refractivity contribution is 0.436. The average Bonchev–Trinajstić information content (AvgIpc) is 2.31. The van der Waals surface area contributed by atoms with E-state index in [1.807, 2.05) is 13.2 Å². The van der Waals surface area contributed by atoms with Gasteiger partial charge in [0.05, 0.1) is 0 Å². The van der Waals surface area contributed by atoms with Crippen molar-refractivity contribution < 1.29 is 0 Å². The molecule has 1 aromatic rings. The van der Waals surface area contributed by atoms with Crippen molar-refractivity contribution in [3.05, 3.63) is 22.3 Å². The number of pyridine rings is 1. The molecule has 2 heterocycles. The predicted molar refractivity (Wildman–Crippen MR) is 75.3 cm³/mol. The average molecular weight is 298 g/mol. The topological polar surface area (TPSA) is 28.2 Å². The normalized spacial score (nSPS) is 17.5. The molecule has 1 fully saturated rings. The summed E-state index contributed by atoms with van der Waals surface area (Å²) in [6.45, 7) is 5.47. The van der Waals surface area contributed by atoms with E-state index in [0.29, 0.717) is 0 Å². The van der Waals surface area contributed by atoms with Crippen LogP contribution in [0.15, 0.2) is 16.7 Å². The molecule has 2 rings (SSSR count). The number of nitrogens with zero attached hydrogens (tertiary/aromatic N) is 2. The summed E-state index contributed by atoms with van der Waals surface area (Å²) in [4.78, 5) is 7.00. The summed E-state index contributed by atoms with van der Waals surface area (Å²) in [6, 6.07) is 2.16. The van der Waals surface area contributed by atoms with Crippen LogP contribution in [-0.4, -0.2) is 25.1 Å². The molecule has 1 saturated heterocycles. The highest BCUT2D eigenvalue weighted by atomic mass is 79.9. The van der Waals surface area contributed by atoms with Crippen molar-refractivity contribution in [1.82, 2.24) is 10.3 Å². The fourth-order valence-electron chi connectivity index (χ4n) is 2.30. The van der Waals surface area contributed by atoms with Crippen LogP contribution in [0.1, 0.15) is 25.3 Å². The summed E-state index contributed by atoms with van der Waals surface area (Å²) in [7, 11) is 1.98. The van der Waals surface area contributed by atoms with Gasteiger partial charge < -0.3 is 10.2 Å². The Morgan fingerprint density at radius 2 is 2.18 bits per heavy atom. The largest absolute Gasteiger partial charge is 0.356 e. The third-order valence-corrected chi connectivity index (χ3v) is 3.79. The molecule has 0 amide bonds. The van der Waals surface area contributed by atoms with E-state index in [4.69, 9.17) is 0 Å². The number of piperidine rings is 1. The molecule has 0 atom stereocenters. The van der Waals surface area contributed by atoms with Crippen LogP contribution in [0.25, 0.3) is 0 Å². The summed E-state index contributed by atoms with van der Waals surface area (Å²) in [5, 5.41) is 3.21. The van der Waals surface area contributed by atoms with E-state index >= 15 is 0 Å². The number of nitrogens with one attached hydrogen (secondary N) is 1. The van der Waals surface area contributed by atoms with Gasteiger partial charge in [-0.05, 0) is 47.8 Å². The smallest absolute Gasteiger partial charge is 0.133 e. The van der Waals surface area contributed by atoms with Crippen LogP contribution < -0.4 is 10.2 Å². The number of hydrogen-bond acceptors (Lipinski definition) is 3. The predicted octanol–water partition coefficient (Wildman–Crippen LogP) is 2.80. The van der Waals surface area contributed by atoms with Gasteiger partial charge in [0.25, 0.3) is 0 Å². The number of anilines is 1. The lowest BCUT2D eigenvalue weighted by atomic mass is 9.99. The third-order valence-electron chi connectivity index (χ3n) is 3.36. The minimum Gasteiger partial charge on any atom is -0.356 e. The van der Waals surface area contributed by atoms with Gasteiger partial charge in [-0.3, -0.25) is 0 Å². The Kier molecular flexibility index (Phi) is 4.40. The van der Waals surface area contributed by atoms with Gasteiger partial charge in [-0.25, -0.2) is 4.98 Å². The maximum absolute atomic E-state index is 4.58. The molecule has 1 aliphatic heterocycles. The highest BCUT2D eigenvalue weighted by molar-refractivity contribution is 9.10. The van der Waals surface area contributed by atoms with E-state index in [-0.39, 0.29) is 0 Å². The summed E-state index contributed by atoms with van der Waals surface area (Å²) in [6.07, 6.45) is 4.44. The molecule has 17 heavy (non-hydrogen) atoms. The van der Waals surface area contributed by atoms with Gasteiger partial charge in [0.1, 0.15) is 5.82 Å². The molecule has 4 heteroatoms. The van der Waals surface area contributed by atoms with Crippen LogP contribution in [0.4, 0.5) is 5.82 Å². The Hall–Kier alpha value is -0.610. The van der Waals surface area contributed by atoms with Crippen molar-refractivity contribution >= 4 is 21.7 Å². The Balaban J connectivity index is 2.18. The zero-order valence-electron chi connectivity index (χ0n) is 10.5. The molecule has 0 unspecified atom stereocenters. The van der Waals surface area contributed by atoms with Crippen molar-refractivity contribution in [2.24, 2.45) is 5.92 Å². The second-order valence-electron chi connectivity index (χ2n) is 4.84. The maximum atomic E-state index is 4.58. The Morgan fingerprint density at radius 3 is 2.82 bits per heavy atom. The number of rotatable bonds is 3. The van der Waals surface area contributed by atoms with Gasteiger partial charge in [-0.2, -0.15) is 0 Å². The highest BCUT2D eigenvalue weighted by Gasteiger charge is 2.19. The lowest BCUT2D eigenvalue weighted by Crippen LogP contribution is -2.34. The fraction of sp³-hybridized carbons (Fsp3) is 0.615. The molecular weight excluding hydrogens is 278 g/mol. The van der Waals surface area contributed by atoms with Crippen molar-refractivity contribution in [2.75, 3.05) is 25.0 Å². The van der Waals surface area contributed by atoms with Crippen LogP contribution >= 0.6 is 15.9 Å². The van der Waals surface area contributed by atoms with Gasteiger partial charge in [0.15, 0.2) is 0 Å². The zero-order valence-corrected chi connectivity index (χ0v) is 12.1. The van der Waals surface area contributed by atoms with Crippen LogP contribution in [-0.2, 0) is 6.54 Å². The maximum Gasteiger partial charge on any atom is 0.133 e. The first-order valence-corrected chi connectivity index (χ1v) is 7.04. The molecule has 94 valence electrons. The van der Waals surface area contributed by atoms with E-state index in [2.05, 4.69) is 44.1 Å². The first-order valence-electron chi connectivity index (χ1n) is 6.24. The number of halogens is 1. The summed E-state index contributed by atoms with van der Waals surface area (Å²) in [5.41, 5.74) is 1.27. The Bertz CT molecular complexity index is 373. The van der Waals surface area contributed by atoms with Crippen molar-refractivity contribution in [3.8, 4) is 0 Å². The van der Waals surface area contributed by atoms with Gasteiger partial charge in [-0.1, -0.05) is 6.92 Å². The van der Waals surface area contributed by atoms with E-state index in [0.717, 1.165) is 35.8 Å². The SMILES string of the molecule is CNCc1cc(Br)cnc1N1CCC(C)CC1. The standard InChI is InChI=1S/C13H20BrN3/c1-10-3-5-17(6-4-10)13-11(8-15-2)7-12(14)9-16-13/h7,9-10,15H,3-6,8H2,1-2H3. The van der Waals surface area contributed by atoms with Gasteiger partial charge in [0.2, 0.25) is 0 Å². The number of hydrogen-bond donors (Lipinski definition) is 1. The van der Waals surface area contributed by atoms with E-state index in [9.17, 15) is 0 Å². The highest BCUT2D eigenvalue weighted by Crippen LogP contribution is 2.26. The molecule has 0 bridgehead atoms. The molecule has 0 saturated carbocycles. The van der Waals surface area contributed by atoms with Gasteiger partial charge >= 0.3 is 0 Å². The van der Waals surface area contributed by atoms with Crippen molar-refractivity contribution in [3.63, 3.8) is 0 Å². The van der Waals surface area contributed by atoms with Gasteiger partial charge in [-0.15, -0.1) is 0 Å². The molecular formula is C13H20BrN3. The minimum absolute atomic E-state index is 0.856. The summed E-state index contributed by atoms with van der Waals surface area (Å²) in [5.74, 6) is 2.00. The summed E-state index contributed by atoms with van der Waals surface area (Å²) >= 11 is 3.49. The van der Waals surface area contributed by atoms with Gasteiger partial charge in [0, 0.05) is 35.9 Å². The molecule has 0 spiro atoms. The Labute approximate surface area is 112 Å². The molecule has 3 nitrogen and oxygen atoms in total. The second-order valence-corrected chi connectivity index (χ2v) is 5.75. The van der Waals surface area contributed by atoms with Crippen molar-refractivity contribution in [2.45, 2.75) is 26.3 Å². The van der Waals surface area contributed by atoms with Crippen LogP contribution in [0, 0.1) is 5.92 Å². The molecule has 1 N–H and O–H groups in total. The monoisotopic (exact) mass is 297 g/mol. The van der Waals surface area contributed by atoms with E-state index in [1.54, 1.807) is 0 Å². The second kappa shape index (κ2) is 5.83. The Morgan fingerprint density at radius 1 is 1.47 bits per heavy atom. The fourth-order valence-corrected chi connectivity index (χ4v) is 2.68. The molecule has 0 aromatic carbocycles. The zero-order chi connectivity index (χ0) is 12.3. The molecule has 1 aromatic heterocycles. The van der Waals surface area contributed by atoms with E-state index in [1.165, 1.54) is 18.4 Å². The van der Waals surface area contributed by atoms with Crippen molar-refractivity contribution in [1.29, 1.82) is 0 Å². The molecule has 0 radical (unpaired) electrons.